The van der Waals surface area contributed by atoms with Crippen LogP contribution >= 0.6 is 11.3 Å². The van der Waals surface area contributed by atoms with Crippen LogP contribution in [0.5, 0.6) is 11.5 Å². The van der Waals surface area contributed by atoms with Gasteiger partial charge >= 0.3 is 0 Å². The maximum absolute atomic E-state index is 5.82. The summed E-state index contributed by atoms with van der Waals surface area (Å²) in [4.78, 5) is 11.3. The summed E-state index contributed by atoms with van der Waals surface area (Å²) in [6.45, 7) is 4.00. The lowest BCUT2D eigenvalue weighted by atomic mass is 10.2. The molecule has 0 atom stereocenters. The lowest BCUT2D eigenvalue weighted by molar-refractivity contribution is 0.483. The summed E-state index contributed by atoms with van der Waals surface area (Å²) in [5.41, 5.74) is 0.962. The Balaban J connectivity index is 1.57. The number of benzene rings is 2. The van der Waals surface area contributed by atoms with Gasteiger partial charge in [-0.05, 0) is 56.3 Å². The van der Waals surface area contributed by atoms with Crippen LogP contribution in [0.2, 0.25) is 0 Å². The van der Waals surface area contributed by atoms with E-state index in [1.807, 2.05) is 61.5 Å². The quantitative estimate of drug-likeness (QED) is 0.503. The second-order valence-electron chi connectivity index (χ2n) is 5.76. The molecule has 0 aliphatic rings. The number of hydrogen-bond acceptors (Lipinski definition) is 5. The van der Waals surface area contributed by atoms with Crippen molar-refractivity contribution in [3.05, 3.63) is 71.4 Å². The Morgan fingerprint density at radius 1 is 0.880 bits per heavy atom. The van der Waals surface area contributed by atoms with Crippen LogP contribution in [-0.2, 0) is 0 Å². The predicted molar refractivity (Wildman–Crippen MR) is 103 cm³/mol. The molecule has 5 heteroatoms. The molecule has 0 saturated heterocycles. The standard InChI is InChI=1S/C20H17N3OS/c1-13-12-18-19(21-14(2)22-20(18)25-13)23-15-8-10-17(11-9-15)24-16-6-4-3-5-7-16/h3-12H,1-2H3,(H,21,22,23). The van der Waals surface area contributed by atoms with E-state index < -0.39 is 0 Å². The zero-order valence-corrected chi connectivity index (χ0v) is 14.8. The van der Waals surface area contributed by atoms with Gasteiger partial charge in [0.15, 0.2) is 0 Å². The van der Waals surface area contributed by atoms with Crippen molar-refractivity contribution in [1.29, 1.82) is 0 Å². The summed E-state index contributed by atoms with van der Waals surface area (Å²) < 4.78 is 5.82. The lowest BCUT2D eigenvalue weighted by Crippen LogP contribution is -1.97. The van der Waals surface area contributed by atoms with Crippen LogP contribution in [0.1, 0.15) is 10.7 Å². The van der Waals surface area contributed by atoms with Crippen molar-refractivity contribution in [2.24, 2.45) is 0 Å². The molecule has 2 aromatic carbocycles. The van der Waals surface area contributed by atoms with E-state index >= 15 is 0 Å². The van der Waals surface area contributed by atoms with E-state index in [0.29, 0.717) is 0 Å². The summed E-state index contributed by atoms with van der Waals surface area (Å²) in [7, 11) is 0. The number of aryl methyl sites for hydroxylation is 2. The van der Waals surface area contributed by atoms with Gasteiger partial charge in [-0.25, -0.2) is 9.97 Å². The van der Waals surface area contributed by atoms with Crippen LogP contribution < -0.4 is 10.1 Å². The first kappa shape index (κ1) is 15.6. The molecule has 0 aliphatic heterocycles. The number of para-hydroxylation sites is 1. The number of fused-ring (bicyclic) bond motifs is 1. The summed E-state index contributed by atoms with van der Waals surface area (Å²) in [5, 5.41) is 4.45. The third kappa shape index (κ3) is 3.46. The van der Waals surface area contributed by atoms with E-state index in [1.54, 1.807) is 11.3 Å². The second kappa shape index (κ2) is 6.53. The van der Waals surface area contributed by atoms with Gasteiger partial charge in [-0.15, -0.1) is 11.3 Å². The lowest BCUT2D eigenvalue weighted by Gasteiger charge is -2.09. The molecule has 0 radical (unpaired) electrons. The first-order chi connectivity index (χ1) is 12.2. The highest BCUT2D eigenvalue weighted by molar-refractivity contribution is 7.18. The van der Waals surface area contributed by atoms with Gasteiger partial charge < -0.3 is 10.1 Å². The zero-order chi connectivity index (χ0) is 17.2. The number of ether oxygens (including phenoxy) is 1. The van der Waals surface area contributed by atoms with Crippen molar-refractivity contribution < 1.29 is 4.74 Å². The maximum Gasteiger partial charge on any atom is 0.142 e. The fraction of sp³-hybridized carbons (Fsp3) is 0.100. The van der Waals surface area contributed by atoms with Gasteiger partial charge in [0.05, 0.1) is 5.39 Å². The predicted octanol–water partition coefficient (Wildman–Crippen LogP) is 5.84. The fourth-order valence-electron chi connectivity index (χ4n) is 2.61. The van der Waals surface area contributed by atoms with Crippen molar-refractivity contribution in [2.45, 2.75) is 13.8 Å². The molecule has 4 nitrogen and oxygen atoms in total. The molecule has 0 unspecified atom stereocenters. The van der Waals surface area contributed by atoms with Crippen LogP contribution in [0.15, 0.2) is 60.7 Å². The third-order valence-electron chi connectivity index (χ3n) is 3.72. The number of thiophene rings is 1. The van der Waals surface area contributed by atoms with E-state index in [9.17, 15) is 0 Å². The van der Waals surface area contributed by atoms with Crippen molar-refractivity contribution >= 4 is 33.1 Å². The molecule has 2 heterocycles. The molecule has 4 aromatic rings. The molecule has 2 aromatic heterocycles. The Morgan fingerprint density at radius 3 is 2.36 bits per heavy atom. The molecule has 25 heavy (non-hydrogen) atoms. The number of aromatic nitrogens is 2. The molecule has 4 rings (SSSR count). The van der Waals surface area contributed by atoms with Crippen molar-refractivity contribution in [1.82, 2.24) is 9.97 Å². The molecule has 0 amide bonds. The third-order valence-corrected chi connectivity index (χ3v) is 4.67. The Hall–Kier alpha value is -2.92. The second-order valence-corrected chi connectivity index (χ2v) is 6.99. The SMILES string of the molecule is Cc1nc(Nc2ccc(Oc3ccccc3)cc2)c2cc(C)sc2n1. The minimum absolute atomic E-state index is 0.765. The zero-order valence-electron chi connectivity index (χ0n) is 14.0. The van der Waals surface area contributed by atoms with Gasteiger partial charge in [0.2, 0.25) is 0 Å². The van der Waals surface area contributed by atoms with Crippen LogP contribution in [0.25, 0.3) is 10.2 Å². The molecular weight excluding hydrogens is 330 g/mol. The van der Waals surface area contributed by atoms with Crippen molar-refractivity contribution in [2.75, 3.05) is 5.32 Å². The van der Waals surface area contributed by atoms with E-state index in [4.69, 9.17) is 4.74 Å². The van der Waals surface area contributed by atoms with E-state index in [2.05, 4.69) is 28.3 Å². The summed E-state index contributed by atoms with van der Waals surface area (Å²) in [5.74, 6) is 3.22. The molecule has 0 bridgehead atoms. The fourth-order valence-corrected chi connectivity index (χ4v) is 3.54. The van der Waals surface area contributed by atoms with Gasteiger partial charge in [-0.3, -0.25) is 0 Å². The van der Waals surface area contributed by atoms with Crippen LogP contribution in [-0.4, -0.2) is 9.97 Å². The van der Waals surface area contributed by atoms with Crippen LogP contribution in [0.4, 0.5) is 11.5 Å². The highest BCUT2D eigenvalue weighted by Crippen LogP contribution is 2.31. The normalized spacial score (nSPS) is 10.8. The monoisotopic (exact) mass is 347 g/mol. The summed E-state index contributed by atoms with van der Waals surface area (Å²) in [6, 6.07) is 19.7. The van der Waals surface area contributed by atoms with Crippen LogP contribution in [0.3, 0.4) is 0 Å². The molecular formula is C20H17N3OS. The van der Waals surface area contributed by atoms with Gasteiger partial charge in [-0.1, -0.05) is 18.2 Å². The Bertz CT molecular complexity index is 1010. The van der Waals surface area contributed by atoms with Gasteiger partial charge in [-0.2, -0.15) is 0 Å². The molecule has 0 saturated carbocycles. The Kier molecular flexibility index (Phi) is 4.07. The average molecular weight is 347 g/mol. The van der Waals surface area contributed by atoms with Crippen LogP contribution in [0, 0.1) is 13.8 Å². The molecule has 0 fully saturated rings. The Morgan fingerprint density at radius 2 is 1.60 bits per heavy atom. The number of hydrogen-bond donors (Lipinski definition) is 1. The van der Waals surface area contributed by atoms with E-state index in [1.165, 1.54) is 4.88 Å². The number of nitrogens with zero attached hydrogens (tertiary/aromatic N) is 2. The van der Waals surface area contributed by atoms with Crippen molar-refractivity contribution in [3.8, 4) is 11.5 Å². The molecule has 1 N–H and O–H groups in total. The number of anilines is 2. The molecule has 124 valence electrons. The molecule has 0 aliphatic carbocycles. The van der Waals surface area contributed by atoms with Gasteiger partial charge in [0.1, 0.15) is 28.0 Å². The average Bonchev–Trinajstić information content (AvgIpc) is 2.98. The smallest absolute Gasteiger partial charge is 0.142 e. The minimum Gasteiger partial charge on any atom is -0.457 e. The minimum atomic E-state index is 0.765. The largest absolute Gasteiger partial charge is 0.457 e. The van der Waals surface area contributed by atoms with Gasteiger partial charge in [0, 0.05) is 10.6 Å². The first-order valence-corrected chi connectivity index (χ1v) is 8.84. The van der Waals surface area contributed by atoms with Gasteiger partial charge in [0.25, 0.3) is 0 Å². The van der Waals surface area contributed by atoms with E-state index in [0.717, 1.165) is 39.0 Å². The molecule has 0 spiro atoms. The highest BCUT2D eigenvalue weighted by Gasteiger charge is 2.09. The highest BCUT2D eigenvalue weighted by atomic mass is 32.1. The number of nitrogens with one attached hydrogen (secondary N) is 1. The number of rotatable bonds is 4. The summed E-state index contributed by atoms with van der Waals surface area (Å²) >= 11 is 1.68. The maximum atomic E-state index is 5.82. The first-order valence-electron chi connectivity index (χ1n) is 8.02. The van der Waals surface area contributed by atoms with E-state index in [-0.39, 0.29) is 0 Å². The van der Waals surface area contributed by atoms with Crippen molar-refractivity contribution in [3.63, 3.8) is 0 Å². The Labute approximate surface area is 150 Å². The summed E-state index contributed by atoms with van der Waals surface area (Å²) in [6.07, 6.45) is 0. The topological polar surface area (TPSA) is 47.0 Å².